The quantitative estimate of drug-likeness (QED) is 0.674. The molecule has 0 bridgehead atoms. The number of hydrogen-bond donors (Lipinski definition) is 2. The second-order valence-electron chi connectivity index (χ2n) is 5.29. The van der Waals surface area contributed by atoms with Crippen LogP contribution in [0.15, 0.2) is 6.07 Å². The van der Waals surface area contributed by atoms with Crippen LogP contribution in [0.4, 0.5) is 0 Å². The van der Waals surface area contributed by atoms with E-state index in [9.17, 15) is 13.2 Å². The molecule has 9 nitrogen and oxygen atoms in total. The monoisotopic (exact) mass is 330 g/mol. The lowest BCUT2D eigenvalue weighted by Gasteiger charge is -2.24. The molecule has 1 aromatic rings. The number of carbonyl (C=O) groups excluding carboxylic acids is 1. The lowest BCUT2D eigenvalue weighted by Crippen LogP contribution is -2.49. The highest BCUT2D eigenvalue weighted by Crippen LogP contribution is 2.21. The summed E-state index contributed by atoms with van der Waals surface area (Å²) >= 11 is 0. The average Bonchev–Trinajstić information content (AvgIpc) is 3.13. The Morgan fingerprint density at radius 3 is 2.86 bits per heavy atom. The normalized spacial score (nSPS) is 21.0. The Labute approximate surface area is 128 Å². The number of rotatable bonds is 6. The van der Waals surface area contributed by atoms with Gasteiger partial charge in [0.1, 0.15) is 6.61 Å². The lowest BCUT2D eigenvalue weighted by atomic mass is 10.3. The van der Waals surface area contributed by atoms with Crippen molar-refractivity contribution < 1.29 is 22.7 Å². The number of hydrogen-bond acceptors (Lipinski definition) is 6. The minimum atomic E-state index is -3.55. The topological polar surface area (TPSA) is 112 Å². The van der Waals surface area contributed by atoms with E-state index in [2.05, 4.69) is 14.5 Å². The van der Waals surface area contributed by atoms with Gasteiger partial charge in [-0.2, -0.15) is 23.0 Å². The molecule has 1 atom stereocenters. The summed E-state index contributed by atoms with van der Waals surface area (Å²) in [6, 6.07) is 1.09. The molecule has 1 unspecified atom stereocenters. The molecule has 122 valence electrons. The van der Waals surface area contributed by atoms with Gasteiger partial charge < -0.3 is 9.47 Å². The Kier molecular flexibility index (Phi) is 4.06. The molecule has 22 heavy (non-hydrogen) atoms. The molecule has 2 N–H and O–H groups in total. The van der Waals surface area contributed by atoms with Crippen LogP contribution in [-0.2, 0) is 21.5 Å². The average molecular weight is 330 g/mol. The van der Waals surface area contributed by atoms with Crippen LogP contribution in [0.3, 0.4) is 0 Å². The van der Waals surface area contributed by atoms with Crippen LogP contribution in [0.5, 0.6) is 5.88 Å². The zero-order chi connectivity index (χ0) is 15.7. The van der Waals surface area contributed by atoms with Crippen molar-refractivity contribution in [3.05, 3.63) is 11.8 Å². The van der Waals surface area contributed by atoms with Crippen LogP contribution in [0.1, 0.15) is 30.3 Å². The van der Waals surface area contributed by atoms with E-state index in [-0.39, 0.29) is 24.9 Å². The maximum Gasteiger partial charge on any atom is 0.358 e. The molecule has 0 radical (unpaired) electrons. The van der Waals surface area contributed by atoms with Crippen LogP contribution in [0.2, 0.25) is 0 Å². The summed E-state index contributed by atoms with van der Waals surface area (Å²) in [7, 11) is -3.55. The number of carbonyl (C=O) groups is 1. The van der Waals surface area contributed by atoms with Gasteiger partial charge in [-0.05, 0) is 19.8 Å². The summed E-state index contributed by atoms with van der Waals surface area (Å²) in [4.78, 5) is 11.6. The fourth-order valence-electron chi connectivity index (χ4n) is 2.14. The van der Waals surface area contributed by atoms with E-state index in [1.165, 1.54) is 10.7 Å². The van der Waals surface area contributed by atoms with E-state index < -0.39 is 22.2 Å². The minimum Gasteiger partial charge on any atom is -0.476 e. The van der Waals surface area contributed by atoms with Crippen LogP contribution < -0.4 is 14.2 Å². The van der Waals surface area contributed by atoms with E-state index in [0.29, 0.717) is 12.4 Å². The van der Waals surface area contributed by atoms with E-state index >= 15 is 0 Å². The fraction of sp³-hybridized carbons (Fsp3) is 0.667. The zero-order valence-corrected chi connectivity index (χ0v) is 12.9. The van der Waals surface area contributed by atoms with Gasteiger partial charge in [0.15, 0.2) is 5.69 Å². The van der Waals surface area contributed by atoms with E-state index in [4.69, 9.17) is 9.47 Å². The Morgan fingerprint density at radius 1 is 1.45 bits per heavy atom. The maximum atomic E-state index is 11.9. The molecule has 0 spiro atoms. The van der Waals surface area contributed by atoms with Gasteiger partial charge in [0.05, 0.1) is 19.2 Å². The van der Waals surface area contributed by atoms with Crippen LogP contribution in [0.25, 0.3) is 0 Å². The summed E-state index contributed by atoms with van der Waals surface area (Å²) in [6.45, 7) is 2.44. The smallest absolute Gasteiger partial charge is 0.358 e. The highest BCUT2D eigenvalue weighted by atomic mass is 32.2. The first-order chi connectivity index (χ1) is 10.5. The second-order valence-corrected chi connectivity index (χ2v) is 6.77. The summed E-state index contributed by atoms with van der Waals surface area (Å²) in [5, 5.41) is 4.08. The van der Waals surface area contributed by atoms with E-state index in [1.54, 1.807) is 6.92 Å². The van der Waals surface area contributed by atoms with Crippen LogP contribution >= 0.6 is 0 Å². The molecule has 1 aliphatic carbocycles. The molecular formula is C12H18N4O5S. The number of fused-ring (bicyclic) bond motifs is 1. The third kappa shape index (κ3) is 3.57. The van der Waals surface area contributed by atoms with Gasteiger partial charge in [0.25, 0.3) is 10.2 Å². The van der Waals surface area contributed by atoms with Crippen molar-refractivity contribution in [2.75, 3.05) is 13.2 Å². The highest BCUT2D eigenvalue weighted by molar-refractivity contribution is 7.87. The molecule has 0 saturated heterocycles. The Morgan fingerprint density at radius 2 is 2.18 bits per heavy atom. The predicted molar refractivity (Wildman–Crippen MR) is 75.7 cm³/mol. The molecule has 2 heterocycles. The van der Waals surface area contributed by atoms with Gasteiger partial charge in [-0.1, -0.05) is 0 Å². The van der Waals surface area contributed by atoms with Crippen molar-refractivity contribution in [2.45, 2.75) is 38.4 Å². The molecule has 10 heteroatoms. The van der Waals surface area contributed by atoms with Gasteiger partial charge in [0, 0.05) is 12.1 Å². The van der Waals surface area contributed by atoms with Crippen molar-refractivity contribution in [3.8, 4) is 5.88 Å². The molecule has 0 amide bonds. The van der Waals surface area contributed by atoms with Crippen molar-refractivity contribution in [1.29, 1.82) is 0 Å². The predicted octanol–water partition coefficient (Wildman–Crippen LogP) is -0.593. The number of nitrogens with one attached hydrogen (secondary N) is 2. The lowest BCUT2D eigenvalue weighted by molar-refractivity contribution is 0.0518. The number of ether oxygens (including phenoxy) is 2. The number of nitrogens with zero attached hydrogens (tertiary/aromatic N) is 2. The zero-order valence-electron chi connectivity index (χ0n) is 12.1. The SMILES string of the molecule is CCOC(=O)c1cc2n(n1)CC(NS(=O)(=O)NC1CC1)CO2. The van der Waals surface area contributed by atoms with E-state index in [0.717, 1.165) is 12.8 Å². The molecule has 1 saturated carbocycles. The first kappa shape index (κ1) is 15.3. The molecule has 0 aromatic carbocycles. The molecule has 2 aliphatic rings. The first-order valence-corrected chi connectivity index (χ1v) is 8.62. The van der Waals surface area contributed by atoms with Gasteiger partial charge in [-0.25, -0.2) is 9.48 Å². The Balaban J connectivity index is 1.64. The molecule has 1 aromatic heterocycles. The third-order valence-corrected chi connectivity index (χ3v) is 4.56. The molecule has 1 fully saturated rings. The van der Waals surface area contributed by atoms with Crippen molar-refractivity contribution in [3.63, 3.8) is 0 Å². The number of esters is 1. The van der Waals surface area contributed by atoms with Crippen LogP contribution in [-0.4, -0.2) is 49.5 Å². The Bertz CT molecular complexity index is 667. The maximum absolute atomic E-state index is 11.9. The van der Waals surface area contributed by atoms with Gasteiger partial charge in [-0.15, -0.1) is 0 Å². The first-order valence-electron chi connectivity index (χ1n) is 7.14. The summed E-state index contributed by atoms with van der Waals surface area (Å²) in [6.07, 6.45) is 1.74. The highest BCUT2D eigenvalue weighted by Gasteiger charge is 2.31. The van der Waals surface area contributed by atoms with E-state index in [1.807, 2.05) is 0 Å². The standard InChI is InChI=1S/C12H18N4O5S/c1-2-20-12(17)10-5-11-16(13-10)6-9(7-21-11)15-22(18,19)14-8-3-4-8/h5,8-9,14-15H,2-4,6-7H2,1H3. The van der Waals surface area contributed by atoms with Crippen molar-refractivity contribution >= 4 is 16.2 Å². The molecular weight excluding hydrogens is 312 g/mol. The van der Waals surface area contributed by atoms with Gasteiger partial charge >= 0.3 is 5.97 Å². The van der Waals surface area contributed by atoms with Gasteiger partial charge in [-0.3, -0.25) is 0 Å². The number of aromatic nitrogens is 2. The molecule has 1 aliphatic heterocycles. The minimum absolute atomic E-state index is 0.0395. The summed E-state index contributed by atoms with van der Waals surface area (Å²) in [5.41, 5.74) is 0.150. The largest absolute Gasteiger partial charge is 0.476 e. The van der Waals surface area contributed by atoms with Crippen molar-refractivity contribution in [2.24, 2.45) is 0 Å². The van der Waals surface area contributed by atoms with Gasteiger partial charge in [0.2, 0.25) is 5.88 Å². The molecule has 3 rings (SSSR count). The Hall–Kier alpha value is -1.65. The third-order valence-electron chi connectivity index (χ3n) is 3.27. The summed E-state index contributed by atoms with van der Waals surface area (Å²) < 4.78 is 40.6. The van der Waals surface area contributed by atoms with Crippen LogP contribution in [0, 0.1) is 0 Å². The second kappa shape index (κ2) is 5.86. The van der Waals surface area contributed by atoms with Crippen molar-refractivity contribution in [1.82, 2.24) is 19.2 Å². The fourth-order valence-corrected chi connectivity index (χ4v) is 3.47. The summed E-state index contributed by atoms with van der Waals surface area (Å²) in [5.74, 6) is -0.103.